The first-order chi connectivity index (χ1) is 25.6. The molecule has 0 heterocycles. The first-order valence-electron chi connectivity index (χ1n) is 17.9. The zero-order valence-corrected chi connectivity index (χ0v) is 32.6. The Morgan fingerprint density at radius 2 is 1.59 bits per heavy atom. The molecule has 0 radical (unpaired) electrons. The number of hydrogen-bond acceptors (Lipinski definition) is 12. The molecular formula is C38H55N5O10S. The number of nitrogens with one attached hydrogen (secondary N) is 2. The second-order valence-corrected chi connectivity index (χ2v) is 14.9. The van der Waals surface area contributed by atoms with Crippen LogP contribution in [0.3, 0.4) is 0 Å². The molecule has 0 saturated heterocycles. The number of carbonyl (C=O) groups excluding carboxylic acids is 6. The van der Waals surface area contributed by atoms with Gasteiger partial charge in [-0.15, -0.1) is 0 Å². The molecule has 0 aliphatic carbocycles. The average molecular weight is 774 g/mol. The van der Waals surface area contributed by atoms with Crippen LogP contribution < -0.4 is 26.8 Å². The molecule has 2 aromatic carbocycles. The third kappa shape index (κ3) is 17.0. The first-order valence-corrected chi connectivity index (χ1v) is 19.6. The Kier molecular flexibility index (Phi) is 20.1. The van der Waals surface area contributed by atoms with Gasteiger partial charge in [0.05, 0.1) is 32.3 Å². The third-order valence-corrected chi connectivity index (χ3v) is 9.13. The minimum Gasteiger partial charge on any atom is -0.469 e. The van der Waals surface area contributed by atoms with Crippen LogP contribution in [-0.2, 0) is 57.1 Å². The summed E-state index contributed by atoms with van der Waals surface area (Å²) in [6, 6.07) is 10.5. The Bertz CT molecular complexity index is 1590. The minimum absolute atomic E-state index is 0.0456. The molecule has 0 bridgehead atoms. The summed E-state index contributed by atoms with van der Waals surface area (Å²) in [7, 11) is 0.105. The molecule has 4 amide bonds. The summed E-state index contributed by atoms with van der Waals surface area (Å²) in [6.07, 6.45) is 2.50. The van der Waals surface area contributed by atoms with Crippen molar-refractivity contribution in [2.45, 2.75) is 83.8 Å². The summed E-state index contributed by atoms with van der Waals surface area (Å²) in [4.78, 5) is 78.5. The van der Waals surface area contributed by atoms with Gasteiger partial charge in [-0.3, -0.25) is 33.5 Å². The second-order valence-electron chi connectivity index (χ2n) is 13.4. The van der Waals surface area contributed by atoms with E-state index in [4.69, 9.17) is 25.7 Å². The van der Waals surface area contributed by atoms with Crippen LogP contribution in [-0.4, -0.2) is 102 Å². The van der Waals surface area contributed by atoms with Gasteiger partial charge in [-0.1, -0.05) is 56.7 Å². The molecule has 0 spiro atoms. The molecule has 4 atom stereocenters. The standard InChI is InChI=1S/C38H55N5O10S/c1-25(2)24-52-38(49)53-29-16-15-28(26(3)20-29)22-31(40)35(46)41-23-33(44)43(18-11-7-10-14-34(45)51-4)32(21-27-12-8-6-9-13-27)37(48)42-36(47)30(39)17-19-54(5)50/h6,8-9,12-13,15-16,20,25,30-32H,7,10-11,14,17-19,21-24,39-40H2,1-5H3,(H,41,46)(H,42,47,48)/t30?,31-,32-,54?/m0/s1. The van der Waals surface area contributed by atoms with E-state index in [-0.39, 0.29) is 62.2 Å². The van der Waals surface area contributed by atoms with Crippen LogP contribution in [0.1, 0.15) is 62.6 Å². The number of esters is 1. The van der Waals surface area contributed by atoms with E-state index < -0.39 is 65.3 Å². The third-order valence-electron chi connectivity index (χ3n) is 8.32. The zero-order valence-electron chi connectivity index (χ0n) is 31.8. The van der Waals surface area contributed by atoms with Crippen molar-refractivity contribution in [1.29, 1.82) is 0 Å². The van der Waals surface area contributed by atoms with Crippen LogP contribution in [0.25, 0.3) is 0 Å². The lowest BCUT2D eigenvalue weighted by Gasteiger charge is -2.31. The summed E-state index contributed by atoms with van der Waals surface area (Å²) >= 11 is 0. The van der Waals surface area contributed by atoms with Crippen molar-refractivity contribution >= 4 is 46.6 Å². The van der Waals surface area contributed by atoms with Crippen molar-refractivity contribution in [2.24, 2.45) is 17.4 Å². The molecule has 2 unspecified atom stereocenters. The Hall–Kier alpha value is -4.67. The Morgan fingerprint density at radius 3 is 2.22 bits per heavy atom. The first kappa shape index (κ1) is 45.5. The number of imide groups is 1. The number of aryl methyl sites for hydroxylation is 1. The molecule has 0 fully saturated rings. The van der Waals surface area contributed by atoms with Crippen molar-refractivity contribution in [3.63, 3.8) is 0 Å². The minimum atomic E-state index is -1.19. The van der Waals surface area contributed by atoms with E-state index in [1.54, 1.807) is 55.5 Å². The molecule has 6 N–H and O–H groups in total. The SMILES string of the molecule is COC(=O)CCCCCN(C(=O)CNC(=O)[C@@H](N)Cc1ccc(OC(=O)OCC(C)C)cc1C)[C@@H](Cc1ccccc1)C(=O)NC(=O)C(N)CCS(C)=O. The Labute approximate surface area is 319 Å². The van der Waals surface area contributed by atoms with E-state index in [2.05, 4.69) is 10.6 Å². The zero-order chi connectivity index (χ0) is 40.2. The van der Waals surface area contributed by atoms with Gasteiger partial charge in [0, 0.05) is 42.2 Å². The quantitative estimate of drug-likeness (QED) is 0.0767. The van der Waals surface area contributed by atoms with E-state index >= 15 is 0 Å². The van der Waals surface area contributed by atoms with Crippen LogP contribution in [0, 0.1) is 12.8 Å². The number of hydrogen-bond donors (Lipinski definition) is 4. The molecule has 0 saturated carbocycles. The highest BCUT2D eigenvalue weighted by molar-refractivity contribution is 7.84. The number of ether oxygens (including phenoxy) is 3. The van der Waals surface area contributed by atoms with Crippen LogP contribution in [0.5, 0.6) is 5.75 Å². The van der Waals surface area contributed by atoms with Gasteiger partial charge in [0.15, 0.2) is 0 Å². The van der Waals surface area contributed by atoms with Gasteiger partial charge >= 0.3 is 12.1 Å². The summed E-state index contributed by atoms with van der Waals surface area (Å²) < 4.78 is 26.5. The molecule has 0 aliphatic heterocycles. The Morgan fingerprint density at radius 1 is 0.889 bits per heavy atom. The Balaban J connectivity index is 2.21. The molecular weight excluding hydrogens is 719 g/mol. The number of benzene rings is 2. The summed E-state index contributed by atoms with van der Waals surface area (Å²) in [5.41, 5.74) is 14.4. The monoisotopic (exact) mass is 773 g/mol. The highest BCUT2D eigenvalue weighted by Gasteiger charge is 2.32. The topological polar surface area (TPSA) is 227 Å². The van der Waals surface area contributed by atoms with E-state index in [0.717, 1.165) is 0 Å². The second kappa shape index (κ2) is 23.9. The van der Waals surface area contributed by atoms with Crippen molar-refractivity contribution in [3.05, 3.63) is 65.2 Å². The van der Waals surface area contributed by atoms with Crippen molar-refractivity contribution in [1.82, 2.24) is 15.5 Å². The predicted molar refractivity (Wildman–Crippen MR) is 203 cm³/mol. The lowest BCUT2D eigenvalue weighted by Crippen LogP contribution is -2.56. The molecule has 15 nitrogen and oxygen atoms in total. The molecule has 0 aliphatic rings. The van der Waals surface area contributed by atoms with Crippen molar-refractivity contribution in [2.75, 3.05) is 38.8 Å². The normalized spacial score (nSPS) is 13.2. The van der Waals surface area contributed by atoms with Gasteiger partial charge in [0.25, 0.3) is 0 Å². The van der Waals surface area contributed by atoms with Crippen LogP contribution in [0.15, 0.2) is 48.5 Å². The maximum atomic E-state index is 13.9. The number of nitrogens with zero attached hydrogens (tertiary/aromatic N) is 1. The van der Waals surface area contributed by atoms with E-state index in [1.165, 1.54) is 18.3 Å². The average Bonchev–Trinajstić information content (AvgIpc) is 3.13. The predicted octanol–water partition coefficient (Wildman–Crippen LogP) is 2.06. The molecule has 2 aromatic rings. The number of carbonyl (C=O) groups is 6. The number of methoxy groups -OCH3 is 1. The molecule has 2 rings (SSSR count). The van der Waals surface area contributed by atoms with Gasteiger partial charge < -0.3 is 35.9 Å². The van der Waals surface area contributed by atoms with Gasteiger partial charge in [-0.25, -0.2) is 4.79 Å². The summed E-state index contributed by atoms with van der Waals surface area (Å²) in [6.45, 7) is 5.38. The van der Waals surface area contributed by atoms with E-state index in [0.29, 0.717) is 36.0 Å². The highest BCUT2D eigenvalue weighted by Crippen LogP contribution is 2.19. The van der Waals surface area contributed by atoms with Gasteiger partial charge in [0.2, 0.25) is 23.6 Å². The highest BCUT2D eigenvalue weighted by atomic mass is 32.2. The fourth-order valence-electron chi connectivity index (χ4n) is 5.23. The fraction of sp³-hybridized carbons (Fsp3) is 0.526. The van der Waals surface area contributed by atoms with Gasteiger partial charge in [0.1, 0.15) is 11.8 Å². The van der Waals surface area contributed by atoms with Gasteiger partial charge in [-0.2, -0.15) is 0 Å². The van der Waals surface area contributed by atoms with E-state index in [1.807, 2.05) is 13.8 Å². The van der Waals surface area contributed by atoms with E-state index in [9.17, 15) is 33.0 Å². The maximum absolute atomic E-state index is 13.9. The lowest BCUT2D eigenvalue weighted by atomic mass is 10.0. The molecule has 0 aromatic heterocycles. The smallest absolute Gasteiger partial charge is 0.469 e. The van der Waals surface area contributed by atoms with Crippen molar-refractivity contribution in [3.8, 4) is 5.75 Å². The van der Waals surface area contributed by atoms with Gasteiger partial charge in [-0.05, 0) is 67.3 Å². The van der Waals surface area contributed by atoms with Crippen LogP contribution in [0.2, 0.25) is 0 Å². The maximum Gasteiger partial charge on any atom is 0.513 e. The van der Waals surface area contributed by atoms with Crippen LogP contribution in [0.4, 0.5) is 4.79 Å². The number of nitrogens with two attached hydrogens (primary N) is 2. The molecule has 298 valence electrons. The van der Waals surface area contributed by atoms with Crippen molar-refractivity contribution < 1.29 is 47.2 Å². The number of amides is 4. The fourth-order valence-corrected chi connectivity index (χ4v) is 5.82. The number of rotatable bonds is 22. The largest absolute Gasteiger partial charge is 0.513 e. The summed E-state index contributed by atoms with van der Waals surface area (Å²) in [5, 5.41) is 4.91. The van der Waals surface area contributed by atoms with Crippen LogP contribution >= 0.6 is 0 Å². The molecule has 16 heteroatoms. The number of unbranched alkanes of at least 4 members (excludes halogenated alkanes) is 2. The lowest BCUT2D eigenvalue weighted by molar-refractivity contribution is -0.143. The summed E-state index contributed by atoms with van der Waals surface area (Å²) in [5.74, 6) is -2.52. The molecule has 54 heavy (non-hydrogen) atoms.